The average molecular weight is 234 g/mol. The number of ketones is 1. The van der Waals surface area contributed by atoms with Gasteiger partial charge >= 0.3 is 0 Å². The van der Waals surface area contributed by atoms with Crippen LogP contribution in [0.4, 0.5) is 0 Å². The van der Waals surface area contributed by atoms with Crippen LogP contribution in [0.2, 0.25) is 0 Å². The highest BCUT2D eigenvalue weighted by atomic mass is 32.1. The molecule has 0 aliphatic rings. The topological polar surface area (TPSA) is 17.1 Å². The molecule has 0 aliphatic heterocycles. The molecule has 1 heterocycles. The molecule has 1 aromatic heterocycles. The van der Waals surface area contributed by atoms with Crippen molar-refractivity contribution in [2.24, 2.45) is 0 Å². The van der Waals surface area contributed by atoms with Gasteiger partial charge in [-0.1, -0.05) is 18.2 Å². The summed E-state index contributed by atoms with van der Waals surface area (Å²) in [7, 11) is 0. The summed E-state index contributed by atoms with van der Waals surface area (Å²) in [5.74, 6) is 0.106. The van der Waals surface area contributed by atoms with Crippen molar-refractivity contribution in [3.63, 3.8) is 0 Å². The summed E-state index contributed by atoms with van der Waals surface area (Å²) in [6.45, 7) is 1.58. The van der Waals surface area contributed by atoms with E-state index in [1.54, 1.807) is 18.3 Å². The first-order valence-electron chi connectivity index (χ1n) is 4.56. The van der Waals surface area contributed by atoms with Crippen LogP contribution in [0.15, 0.2) is 40.6 Å². The van der Waals surface area contributed by atoms with Crippen molar-refractivity contribution in [1.82, 2.24) is 0 Å². The van der Waals surface area contributed by atoms with E-state index in [0.29, 0.717) is 0 Å². The molecule has 0 spiro atoms. The van der Waals surface area contributed by atoms with Gasteiger partial charge < -0.3 is 0 Å². The van der Waals surface area contributed by atoms with Gasteiger partial charge in [-0.3, -0.25) is 4.79 Å². The number of hydrogen-bond acceptors (Lipinski definition) is 3. The zero-order valence-corrected chi connectivity index (χ0v) is 9.94. The van der Waals surface area contributed by atoms with Crippen molar-refractivity contribution >= 4 is 29.7 Å². The molecule has 0 bridgehead atoms. The molecule has 0 aliphatic carbocycles. The molecule has 0 unspecified atom stereocenters. The van der Waals surface area contributed by atoms with Gasteiger partial charge in [-0.2, -0.15) is 0 Å². The lowest BCUT2D eigenvalue weighted by atomic mass is 10.1. The Bertz CT molecular complexity index is 500. The second kappa shape index (κ2) is 4.21. The molecule has 0 fully saturated rings. The first kappa shape index (κ1) is 10.5. The number of benzene rings is 1. The maximum absolute atomic E-state index is 11.2. The summed E-state index contributed by atoms with van der Waals surface area (Å²) in [5.41, 5.74) is 1.85. The lowest BCUT2D eigenvalue weighted by molar-refractivity contribution is 0.101. The Morgan fingerprint density at radius 3 is 2.67 bits per heavy atom. The molecule has 3 heteroatoms. The monoisotopic (exact) mass is 234 g/mol. The largest absolute Gasteiger partial charge is 0.294 e. The average Bonchev–Trinajstić information content (AvgIpc) is 2.67. The molecule has 2 rings (SSSR count). The molecular weight excluding hydrogens is 224 g/mol. The van der Waals surface area contributed by atoms with E-state index in [1.165, 1.54) is 0 Å². The van der Waals surface area contributed by atoms with E-state index in [2.05, 4.69) is 12.6 Å². The SMILES string of the molecule is CC(=O)c1csc(-c2ccccc2S)c1. The zero-order chi connectivity index (χ0) is 10.8. The fourth-order valence-electron chi connectivity index (χ4n) is 1.34. The van der Waals surface area contributed by atoms with Crippen molar-refractivity contribution in [2.75, 3.05) is 0 Å². The first-order valence-corrected chi connectivity index (χ1v) is 5.89. The van der Waals surface area contributed by atoms with Gasteiger partial charge in [-0.15, -0.1) is 24.0 Å². The van der Waals surface area contributed by atoms with Gasteiger partial charge in [-0.05, 0) is 19.1 Å². The molecule has 0 saturated heterocycles. The standard InChI is InChI=1S/C12H10OS2/c1-8(13)9-6-12(15-7-9)10-4-2-3-5-11(10)14/h2-7,14H,1H3. The Morgan fingerprint density at radius 1 is 1.33 bits per heavy atom. The van der Waals surface area contributed by atoms with E-state index >= 15 is 0 Å². The molecule has 0 radical (unpaired) electrons. The van der Waals surface area contributed by atoms with Gasteiger partial charge in [-0.25, -0.2) is 0 Å². The van der Waals surface area contributed by atoms with E-state index in [4.69, 9.17) is 0 Å². The lowest BCUT2D eigenvalue weighted by Crippen LogP contribution is -1.86. The third-order valence-electron chi connectivity index (χ3n) is 2.18. The fourth-order valence-corrected chi connectivity index (χ4v) is 2.69. The molecule has 76 valence electrons. The Kier molecular flexibility index (Phi) is 2.93. The van der Waals surface area contributed by atoms with E-state index in [9.17, 15) is 4.79 Å². The van der Waals surface area contributed by atoms with Crippen LogP contribution < -0.4 is 0 Å². The van der Waals surface area contributed by atoms with Crippen molar-refractivity contribution in [3.8, 4) is 10.4 Å². The second-order valence-corrected chi connectivity index (χ2v) is 4.67. The van der Waals surface area contributed by atoms with Crippen LogP contribution >= 0.6 is 24.0 Å². The molecule has 0 amide bonds. The van der Waals surface area contributed by atoms with Gasteiger partial charge in [0.05, 0.1) is 0 Å². The van der Waals surface area contributed by atoms with Crippen molar-refractivity contribution < 1.29 is 4.79 Å². The number of Topliss-reactive ketones (excluding diaryl/α,β-unsaturated/α-hetero) is 1. The van der Waals surface area contributed by atoms with Crippen molar-refractivity contribution in [2.45, 2.75) is 11.8 Å². The van der Waals surface area contributed by atoms with Gasteiger partial charge in [0.15, 0.2) is 5.78 Å². The van der Waals surface area contributed by atoms with E-state index < -0.39 is 0 Å². The smallest absolute Gasteiger partial charge is 0.160 e. The van der Waals surface area contributed by atoms with Gasteiger partial charge in [0.25, 0.3) is 0 Å². The van der Waals surface area contributed by atoms with Crippen molar-refractivity contribution in [1.29, 1.82) is 0 Å². The summed E-state index contributed by atoms with van der Waals surface area (Å²) in [4.78, 5) is 13.2. The Hall–Kier alpha value is -1.06. The molecular formula is C12H10OS2. The minimum Gasteiger partial charge on any atom is -0.294 e. The minimum absolute atomic E-state index is 0.106. The molecule has 1 aromatic carbocycles. The zero-order valence-electron chi connectivity index (χ0n) is 8.23. The highest BCUT2D eigenvalue weighted by molar-refractivity contribution is 7.80. The Morgan fingerprint density at radius 2 is 2.07 bits per heavy atom. The van der Waals surface area contributed by atoms with E-state index in [1.807, 2.05) is 35.7 Å². The summed E-state index contributed by atoms with van der Waals surface area (Å²) < 4.78 is 0. The normalized spacial score (nSPS) is 10.3. The highest BCUT2D eigenvalue weighted by Gasteiger charge is 2.07. The molecule has 0 atom stereocenters. The van der Waals surface area contributed by atoms with Crippen LogP contribution in [-0.2, 0) is 0 Å². The van der Waals surface area contributed by atoms with E-state index in [0.717, 1.165) is 20.9 Å². The third-order valence-corrected chi connectivity index (χ3v) is 3.53. The predicted molar refractivity (Wildman–Crippen MR) is 67.0 cm³/mol. The maximum atomic E-state index is 11.2. The lowest BCUT2D eigenvalue weighted by Gasteiger charge is -2.00. The number of carbonyl (C=O) groups is 1. The Balaban J connectivity index is 2.46. The number of carbonyl (C=O) groups excluding carboxylic acids is 1. The number of rotatable bonds is 2. The summed E-state index contributed by atoms with van der Waals surface area (Å²) in [6.07, 6.45) is 0. The third kappa shape index (κ3) is 2.13. The predicted octanol–water partition coefficient (Wildman–Crippen LogP) is 3.91. The van der Waals surface area contributed by atoms with Crippen LogP contribution in [0.3, 0.4) is 0 Å². The van der Waals surface area contributed by atoms with Crippen LogP contribution in [0.5, 0.6) is 0 Å². The molecule has 0 saturated carbocycles. The van der Waals surface area contributed by atoms with Crippen LogP contribution in [0.1, 0.15) is 17.3 Å². The molecule has 15 heavy (non-hydrogen) atoms. The van der Waals surface area contributed by atoms with Crippen LogP contribution in [0.25, 0.3) is 10.4 Å². The van der Waals surface area contributed by atoms with Gasteiger partial charge in [0.2, 0.25) is 0 Å². The maximum Gasteiger partial charge on any atom is 0.160 e. The van der Waals surface area contributed by atoms with Crippen molar-refractivity contribution in [3.05, 3.63) is 41.3 Å². The number of thiol groups is 1. The molecule has 2 aromatic rings. The quantitative estimate of drug-likeness (QED) is 0.616. The number of hydrogen-bond donors (Lipinski definition) is 1. The van der Waals surface area contributed by atoms with Gasteiger partial charge in [0, 0.05) is 26.3 Å². The minimum atomic E-state index is 0.106. The Labute approximate surface area is 98.2 Å². The van der Waals surface area contributed by atoms with E-state index in [-0.39, 0.29) is 5.78 Å². The highest BCUT2D eigenvalue weighted by Crippen LogP contribution is 2.31. The van der Waals surface area contributed by atoms with Crippen LogP contribution in [-0.4, -0.2) is 5.78 Å². The fraction of sp³-hybridized carbons (Fsp3) is 0.0833. The van der Waals surface area contributed by atoms with Gasteiger partial charge in [0.1, 0.15) is 0 Å². The first-order chi connectivity index (χ1) is 7.18. The summed E-state index contributed by atoms with van der Waals surface area (Å²) in [6, 6.07) is 9.80. The van der Waals surface area contributed by atoms with Crippen LogP contribution in [0, 0.1) is 0 Å². The second-order valence-electron chi connectivity index (χ2n) is 3.27. The summed E-state index contributed by atoms with van der Waals surface area (Å²) in [5, 5.41) is 1.89. The number of thiophene rings is 1. The molecule has 1 nitrogen and oxygen atoms in total. The summed E-state index contributed by atoms with van der Waals surface area (Å²) >= 11 is 5.97. The molecule has 0 N–H and O–H groups in total.